The minimum atomic E-state index is -0.736. The van der Waals surface area contributed by atoms with Crippen LogP contribution in [0, 0.1) is 5.82 Å². The van der Waals surface area contributed by atoms with Crippen molar-refractivity contribution in [2.24, 2.45) is 5.73 Å². The number of phenolic OH excluding ortho intramolecular Hbond substituents is 1. The average Bonchev–Trinajstić information content (AvgIpc) is 2.38. The number of phenols is 1. The van der Waals surface area contributed by atoms with Crippen LogP contribution in [0.2, 0.25) is 0 Å². The molecule has 0 aliphatic heterocycles. The predicted molar refractivity (Wildman–Crippen MR) is 69.5 cm³/mol. The highest BCUT2D eigenvalue weighted by Crippen LogP contribution is 2.16. The monoisotopic (exact) mass is 270 g/mol. The number of methoxy groups -OCH3 is 1. The lowest BCUT2D eigenvalue weighted by Crippen LogP contribution is -2.36. The summed E-state index contributed by atoms with van der Waals surface area (Å²) in [6.07, 6.45) is 0.634. The molecule has 6 heteroatoms. The summed E-state index contributed by atoms with van der Waals surface area (Å²) in [5.74, 6) is -1.37. The Morgan fingerprint density at radius 3 is 2.79 bits per heavy atom. The standard InChI is InChI=1S/C13H19FN2O3/c1-19-8-7-16(6-2-5-15)13(18)11-4-3-10(17)9-12(11)14/h3-4,9,17H,2,5-8,15H2,1H3. The maximum Gasteiger partial charge on any atom is 0.256 e. The van der Waals surface area contributed by atoms with Crippen LogP contribution in [-0.4, -0.2) is 49.3 Å². The Morgan fingerprint density at radius 1 is 1.47 bits per heavy atom. The Hall–Kier alpha value is -1.66. The third-order valence-electron chi connectivity index (χ3n) is 2.67. The molecule has 0 bridgehead atoms. The van der Waals surface area contributed by atoms with E-state index in [0.29, 0.717) is 32.7 Å². The van der Waals surface area contributed by atoms with Crippen molar-refractivity contribution >= 4 is 5.91 Å². The fourth-order valence-corrected chi connectivity index (χ4v) is 1.65. The van der Waals surface area contributed by atoms with Gasteiger partial charge in [-0.1, -0.05) is 0 Å². The normalized spacial score (nSPS) is 10.5. The predicted octanol–water partition coefficient (Wildman–Crippen LogP) is 0.969. The van der Waals surface area contributed by atoms with Crippen LogP contribution < -0.4 is 5.73 Å². The maximum atomic E-state index is 13.6. The number of hydrogen-bond donors (Lipinski definition) is 2. The Balaban J connectivity index is 2.84. The van der Waals surface area contributed by atoms with Gasteiger partial charge < -0.3 is 20.5 Å². The number of hydrogen-bond acceptors (Lipinski definition) is 4. The van der Waals surface area contributed by atoms with Crippen LogP contribution in [0.25, 0.3) is 0 Å². The molecule has 0 fully saturated rings. The second-order valence-electron chi connectivity index (χ2n) is 4.09. The van der Waals surface area contributed by atoms with Crippen LogP contribution in [0.3, 0.4) is 0 Å². The van der Waals surface area contributed by atoms with Crippen LogP contribution in [0.1, 0.15) is 16.8 Å². The van der Waals surface area contributed by atoms with E-state index < -0.39 is 11.7 Å². The molecule has 106 valence electrons. The van der Waals surface area contributed by atoms with Gasteiger partial charge in [-0.15, -0.1) is 0 Å². The van der Waals surface area contributed by atoms with E-state index in [1.807, 2.05) is 0 Å². The number of carbonyl (C=O) groups is 1. The van der Waals surface area contributed by atoms with Gasteiger partial charge in [0.2, 0.25) is 0 Å². The van der Waals surface area contributed by atoms with E-state index in [2.05, 4.69) is 0 Å². The molecule has 0 aliphatic carbocycles. The van der Waals surface area contributed by atoms with Crippen molar-refractivity contribution in [2.75, 3.05) is 33.4 Å². The first-order valence-corrected chi connectivity index (χ1v) is 6.07. The van der Waals surface area contributed by atoms with Gasteiger partial charge in [-0.25, -0.2) is 4.39 Å². The molecule has 0 aromatic heterocycles. The minimum Gasteiger partial charge on any atom is -0.508 e. The van der Waals surface area contributed by atoms with Gasteiger partial charge in [0.15, 0.2) is 0 Å². The molecule has 1 aromatic rings. The number of ether oxygens (including phenoxy) is 1. The van der Waals surface area contributed by atoms with Crippen LogP contribution >= 0.6 is 0 Å². The van der Waals surface area contributed by atoms with E-state index in [-0.39, 0.29) is 11.3 Å². The molecule has 1 rings (SSSR count). The summed E-state index contributed by atoms with van der Waals surface area (Å²) >= 11 is 0. The van der Waals surface area contributed by atoms with Gasteiger partial charge in [0, 0.05) is 26.3 Å². The Bertz CT molecular complexity index is 418. The van der Waals surface area contributed by atoms with Gasteiger partial charge in [-0.05, 0) is 25.1 Å². The third-order valence-corrected chi connectivity index (χ3v) is 2.67. The second-order valence-corrected chi connectivity index (χ2v) is 4.09. The fraction of sp³-hybridized carbons (Fsp3) is 0.462. The molecule has 0 atom stereocenters. The smallest absolute Gasteiger partial charge is 0.256 e. The molecular weight excluding hydrogens is 251 g/mol. The average molecular weight is 270 g/mol. The van der Waals surface area contributed by atoms with Crippen molar-refractivity contribution in [3.63, 3.8) is 0 Å². The minimum absolute atomic E-state index is 0.0640. The molecule has 0 saturated heterocycles. The van der Waals surface area contributed by atoms with E-state index in [4.69, 9.17) is 15.6 Å². The van der Waals surface area contributed by atoms with Gasteiger partial charge in [0.05, 0.1) is 12.2 Å². The van der Waals surface area contributed by atoms with Gasteiger partial charge in [0.25, 0.3) is 5.91 Å². The number of carbonyl (C=O) groups excluding carboxylic acids is 1. The highest BCUT2D eigenvalue weighted by Gasteiger charge is 2.18. The zero-order valence-corrected chi connectivity index (χ0v) is 10.9. The van der Waals surface area contributed by atoms with Gasteiger partial charge in [0.1, 0.15) is 11.6 Å². The number of nitrogens with zero attached hydrogens (tertiary/aromatic N) is 1. The van der Waals surface area contributed by atoms with E-state index in [9.17, 15) is 9.18 Å². The lowest BCUT2D eigenvalue weighted by Gasteiger charge is -2.22. The van der Waals surface area contributed by atoms with Crippen molar-refractivity contribution in [3.8, 4) is 5.75 Å². The van der Waals surface area contributed by atoms with Crippen molar-refractivity contribution < 1.29 is 19.0 Å². The zero-order valence-electron chi connectivity index (χ0n) is 10.9. The van der Waals surface area contributed by atoms with Crippen LogP contribution in [0.5, 0.6) is 5.75 Å². The Kier molecular flexibility index (Phi) is 6.24. The third kappa shape index (κ3) is 4.50. The number of aromatic hydroxyl groups is 1. The summed E-state index contributed by atoms with van der Waals surface area (Å²) in [4.78, 5) is 13.7. The van der Waals surface area contributed by atoms with Crippen LogP contribution in [-0.2, 0) is 4.74 Å². The topological polar surface area (TPSA) is 75.8 Å². The summed E-state index contributed by atoms with van der Waals surface area (Å²) < 4.78 is 18.6. The van der Waals surface area contributed by atoms with E-state index in [0.717, 1.165) is 6.07 Å². The van der Waals surface area contributed by atoms with Crippen molar-refractivity contribution in [1.82, 2.24) is 4.90 Å². The first-order chi connectivity index (χ1) is 9.10. The molecule has 0 saturated carbocycles. The number of nitrogens with two attached hydrogens (primary N) is 1. The lowest BCUT2D eigenvalue weighted by atomic mass is 10.1. The summed E-state index contributed by atoms with van der Waals surface area (Å²) in [5, 5.41) is 9.14. The molecule has 0 spiro atoms. The summed E-state index contributed by atoms with van der Waals surface area (Å²) in [7, 11) is 1.53. The SMILES string of the molecule is COCCN(CCCN)C(=O)c1ccc(O)cc1F. The molecule has 5 nitrogen and oxygen atoms in total. The molecular formula is C13H19FN2O3. The number of rotatable bonds is 7. The van der Waals surface area contributed by atoms with Crippen molar-refractivity contribution in [1.29, 1.82) is 0 Å². The first kappa shape index (κ1) is 15.4. The molecule has 0 unspecified atom stereocenters. The Labute approximate surface area is 111 Å². The fourth-order valence-electron chi connectivity index (χ4n) is 1.65. The number of halogens is 1. The zero-order chi connectivity index (χ0) is 14.3. The van der Waals surface area contributed by atoms with Crippen molar-refractivity contribution in [3.05, 3.63) is 29.6 Å². The lowest BCUT2D eigenvalue weighted by molar-refractivity contribution is 0.0690. The van der Waals surface area contributed by atoms with E-state index >= 15 is 0 Å². The molecule has 0 radical (unpaired) electrons. The second kappa shape index (κ2) is 7.70. The molecule has 1 amide bonds. The molecule has 0 heterocycles. The highest BCUT2D eigenvalue weighted by atomic mass is 19.1. The Morgan fingerprint density at radius 2 is 2.21 bits per heavy atom. The molecule has 0 aliphatic rings. The number of amides is 1. The molecule has 3 N–H and O–H groups in total. The maximum absolute atomic E-state index is 13.6. The van der Waals surface area contributed by atoms with E-state index in [1.165, 1.54) is 24.1 Å². The summed E-state index contributed by atoms with van der Waals surface area (Å²) in [6.45, 7) is 1.64. The van der Waals surface area contributed by atoms with Gasteiger partial charge >= 0.3 is 0 Å². The van der Waals surface area contributed by atoms with Crippen LogP contribution in [0.15, 0.2) is 18.2 Å². The first-order valence-electron chi connectivity index (χ1n) is 6.07. The van der Waals surface area contributed by atoms with Gasteiger partial charge in [-0.2, -0.15) is 0 Å². The van der Waals surface area contributed by atoms with Crippen molar-refractivity contribution in [2.45, 2.75) is 6.42 Å². The highest BCUT2D eigenvalue weighted by molar-refractivity contribution is 5.94. The summed E-state index contributed by atoms with van der Waals surface area (Å²) in [5.41, 5.74) is 5.35. The molecule has 19 heavy (non-hydrogen) atoms. The summed E-state index contributed by atoms with van der Waals surface area (Å²) in [6, 6.07) is 3.48. The largest absolute Gasteiger partial charge is 0.508 e. The quantitative estimate of drug-likeness (QED) is 0.774. The molecule has 1 aromatic carbocycles. The van der Waals surface area contributed by atoms with Crippen LogP contribution in [0.4, 0.5) is 4.39 Å². The number of benzene rings is 1. The van der Waals surface area contributed by atoms with E-state index in [1.54, 1.807) is 0 Å². The van der Waals surface area contributed by atoms with Gasteiger partial charge in [-0.3, -0.25) is 4.79 Å².